The number of benzene rings is 1. The number of fused-ring (bicyclic) bond motifs is 2. The van der Waals surface area contributed by atoms with Gasteiger partial charge in [-0.25, -0.2) is 4.98 Å². The number of furan rings is 1. The van der Waals surface area contributed by atoms with Crippen molar-refractivity contribution in [3.05, 3.63) is 48.1 Å². The Morgan fingerprint density at radius 3 is 3.00 bits per heavy atom. The summed E-state index contributed by atoms with van der Waals surface area (Å²) in [4.78, 5) is 3.98. The van der Waals surface area contributed by atoms with Crippen LogP contribution in [0.15, 0.2) is 47.3 Å². The van der Waals surface area contributed by atoms with Crippen LogP contribution in [0.1, 0.15) is 0 Å². The van der Waals surface area contributed by atoms with Gasteiger partial charge in [0.15, 0.2) is 16.6 Å². The zero-order valence-corrected chi connectivity index (χ0v) is 10.4. The third kappa shape index (κ3) is 1.45. The first-order valence-electron chi connectivity index (χ1n) is 5.66. The van der Waals surface area contributed by atoms with Crippen LogP contribution in [0.3, 0.4) is 0 Å². The second-order valence-electron chi connectivity index (χ2n) is 4.08. The van der Waals surface area contributed by atoms with E-state index in [9.17, 15) is 0 Å². The minimum absolute atomic E-state index is 0.328. The zero-order valence-electron chi connectivity index (χ0n) is 9.62. The number of halogens is 1. The van der Waals surface area contributed by atoms with Gasteiger partial charge in [0, 0.05) is 17.8 Å². The van der Waals surface area contributed by atoms with Gasteiger partial charge < -0.3 is 4.42 Å². The average molecular weight is 271 g/mol. The number of nitrogens with zero attached hydrogens (tertiary/aromatic N) is 4. The summed E-state index contributed by atoms with van der Waals surface area (Å²) >= 11 is 5.99. The average Bonchev–Trinajstić information content (AvgIpc) is 3.02. The Hall–Kier alpha value is -2.40. The van der Waals surface area contributed by atoms with Crippen LogP contribution in [0.25, 0.3) is 28.0 Å². The summed E-state index contributed by atoms with van der Waals surface area (Å²) in [6.45, 7) is 0. The first-order valence-corrected chi connectivity index (χ1v) is 6.04. The third-order valence-electron chi connectivity index (χ3n) is 3.01. The highest BCUT2D eigenvalue weighted by molar-refractivity contribution is 6.32. The van der Waals surface area contributed by atoms with E-state index in [4.69, 9.17) is 16.0 Å². The minimum Gasteiger partial charge on any atom is -0.464 e. The number of aromatic nitrogens is 4. The molecule has 0 radical (unpaired) electrons. The molecule has 6 heteroatoms. The van der Waals surface area contributed by atoms with Crippen molar-refractivity contribution >= 4 is 28.2 Å². The maximum Gasteiger partial charge on any atom is 0.198 e. The smallest absolute Gasteiger partial charge is 0.198 e. The Balaban J connectivity index is 2.07. The van der Waals surface area contributed by atoms with Crippen molar-refractivity contribution in [1.29, 1.82) is 0 Å². The van der Waals surface area contributed by atoms with E-state index < -0.39 is 0 Å². The predicted molar refractivity (Wildman–Crippen MR) is 71.0 cm³/mol. The van der Waals surface area contributed by atoms with E-state index in [2.05, 4.69) is 15.2 Å². The molecule has 3 aromatic heterocycles. The van der Waals surface area contributed by atoms with Crippen LogP contribution in [0, 0.1) is 0 Å². The topological polar surface area (TPSA) is 56.2 Å². The quantitative estimate of drug-likeness (QED) is 0.533. The number of hydrogen-bond donors (Lipinski definition) is 0. The lowest BCUT2D eigenvalue weighted by Gasteiger charge is -1.97. The summed E-state index contributed by atoms with van der Waals surface area (Å²) in [5.41, 5.74) is 2.23. The number of hydrogen-bond acceptors (Lipinski definition) is 4. The monoisotopic (exact) mass is 270 g/mol. The van der Waals surface area contributed by atoms with Gasteiger partial charge in [0.2, 0.25) is 0 Å². The highest BCUT2D eigenvalue weighted by atomic mass is 35.5. The zero-order chi connectivity index (χ0) is 12.8. The lowest BCUT2D eigenvalue weighted by Crippen LogP contribution is -1.90. The van der Waals surface area contributed by atoms with Gasteiger partial charge >= 0.3 is 0 Å². The molecule has 0 unspecified atom stereocenters. The highest BCUT2D eigenvalue weighted by Crippen LogP contribution is 2.29. The van der Waals surface area contributed by atoms with Gasteiger partial charge in [-0.15, -0.1) is 10.2 Å². The standard InChI is InChI=1S/C13H7ClN4O/c14-11-13-17-16-12(18(13)6-5-15-11)9-7-19-10-4-2-1-3-8(9)10/h1-7H. The van der Waals surface area contributed by atoms with Crippen molar-refractivity contribution in [2.75, 3.05) is 0 Å². The second kappa shape index (κ2) is 3.80. The molecule has 0 bridgehead atoms. The van der Waals surface area contributed by atoms with E-state index in [-0.39, 0.29) is 0 Å². The summed E-state index contributed by atoms with van der Waals surface area (Å²) in [5, 5.41) is 9.55. The van der Waals surface area contributed by atoms with E-state index in [1.807, 2.05) is 24.3 Å². The van der Waals surface area contributed by atoms with Gasteiger partial charge in [-0.05, 0) is 6.07 Å². The van der Waals surface area contributed by atoms with E-state index in [1.54, 1.807) is 23.1 Å². The molecule has 4 rings (SSSR count). The van der Waals surface area contributed by atoms with Gasteiger partial charge in [0.25, 0.3) is 0 Å². The molecule has 3 heterocycles. The molecule has 92 valence electrons. The summed E-state index contributed by atoms with van der Waals surface area (Å²) in [5.74, 6) is 0.684. The Kier molecular flexibility index (Phi) is 2.10. The Morgan fingerprint density at radius 1 is 1.16 bits per heavy atom. The van der Waals surface area contributed by atoms with Crippen LogP contribution in [-0.4, -0.2) is 19.6 Å². The maximum atomic E-state index is 5.99. The molecule has 0 aliphatic heterocycles. The van der Waals surface area contributed by atoms with E-state index in [1.165, 1.54) is 0 Å². The van der Waals surface area contributed by atoms with Gasteiger partial charge in [-0.2, -0.15) is 0 Å². The molecule has 0 atom stereocenters. The fourth-order valence-corrected chi connectivity index (χ4v) is 2.32. The van der Waals surface area contributed by atoms with Gasteiger partial charge in [0.05, 0.1) is 5.56 Å². The van der Waals surface area contributed by atoms with Crippen molar-refractivity contribution in [2.45, 2.75) is 0 Å². The summed E-state index contributed by atoms with van der Waals surface area (Å²) < 4.78 is 7.32. The molecule has 0 saturated heterocycles. The molecule has 1 aromatic carbocycles. The molecule has 4 aromatic rings. The van der Waals surface area contributed by atoms with Crippen molar-refractivity contribution in [3.63, 3.8) is 0 Å². The molecular formula is C13H7ClN4O. The molecule has 5 nitrogen and oxygen atoms in total. The molecule has 0 fully saturated rings. The molecule has 0 spiro atoms. The Labute approximate surface area is 112 Å². The number of para-hydroxylation sites is 1. The molecule has 0 N–H and O–H groups in total. The summed E-state index contributed by atoms with van der Waals surface area (Å²) in [6.07, 6.45) is 5.07. The van der Waals surface area contributed by atoms with Crippen LogP contribution < -0.4 is 0 Å². The summed E-state index contributed by atoms with van der Waals surface area (Å²) in [6, 6.07) is 7.78. The van der Waals surface area contributed by atoms with Gasteiger partial charge in [0.1, 0.15) is 11.8 Å². The van der Waals surface area contributed by atoms with Crippen LogP contribution in [0.2, 0.25) is 5.15 Å². The van der Waals surface area contributed by atoms with Crippen LogP contribution >= 0.6 is 11.6 Å². The lowest BCUT2D eigenvalue weighted by atomic mass is 10.2. The first-order chi connectivity index (χ1) is 9.34. The largest absolute Gasteiger partial charge is 0.464 e. The van der Waals surface area contributed by atoms with Crippen molar-refractivity contribution in [1.82, 2.24) is 19.6 Å². The van der Waals surface area contributed by atoms with E-state index in [0.717, 1.165) is 16.5 Å². The van der Waals surface area contributed by atoms with E-state index >= 15 is 0 Å². The van der Waals surface area contributed by atoms with Crippen LogP contribution in [0.5, 0.6) is 0 Å². The van der Waals surface area contributed by atoms with Crippen LogP contribution in [0.4, 0.5) is 0 Å². The fraction of sp³-hybridized carbons (Fsp3) is 0. The van der Waals surface area contributed by atoms with Gasteiger partial charge in [-0.3, -0.25) is 4.40 Å². The minimum atomic E-state index is 0.328. The fourth-order valence-electron chi connectivity index (χ4n) is 2.13. The number of rotatable bonds is 1. The summed E-state index contributed by atoms with van der Waals surface area (Å²) in [7, 11) is 0. The molecule has 19 heavy (non-hydrogen) atoms. The predicted octanol–water partition coefficient (Wildman–Crippen LogP) is 3.19. The third-order valence-corrected chi connectivity index (χ3v) is 3.27. The van der Waals surface area contributed by atoms with Crippen molar-refractivity contribution in [2.24, 2.45) is 0 Å². The molecule has 0 aliphatic carbocycles. The lowest BCUT2D eigenvalue weighted by molar-refractivity contribution is 0.616. The Morgan fingerprint density at radius 2 is 2.05 bits per heavy atom. The van der Waals surface area contributed by atoms with Crippen molar-refractivity contribution < 1.29 is 4.42 Å². The molecule has 0 amide bonds. The SMILES string of the molecule is Clc1nccn2c(-c3coc4ccccc34)nnc12. The normalized spacial score (nSPS) is 11.4. The van der Waals surface area contributed by atoms with Crippen LogP contribution in [-0.2, 0) is 0 Å². The van der Waals surface area contributed by atoms with E-state index in [0.29, 0.717) is 16.6 Å². The van der Waals surface area contributed by atoms with Crippen molar-refractivity contribution in [3.8, 4) is 11.4 Å². The first kappa shape index (κ1) is 10.5. The highest BCUT2D eigenvalue weighted by Gasteiger charge is 2.15. The second-order valence-corrected chi connectivity index (χ2v) is 4.44. The molecular weight excluding hydrogens is 264 g/mol. The van der Waals surface area contributed by atoms with Gasteiger partial charge in [-0.1, -0.05) is 29.8 Å². The molecule has 0 saturated carbocycles. The Bertz CT molecular complexity index is 896. The maximum absolute atomic E-state index is 5.99. The molecule has 0 aliphatic rings.